The number of hydrazine groups is 1. The molecule has 5 heteroatoms. The molecule has 0 bridgehead atoms. The van der Waals surface area contributed by atoms with Gasteiger partial charge in [-0.25, -0.2) is 0 Å². The number of ether oxygens (including phenoxy) is 1. The smallest absolute Gasteiger partial charge is 0.273 e. The zero-order valence-corrected chi connectivity index (χ0v) is 14.0. The minimum atomic E-state index is -0.213. The second-order valence-corrected chi connectivity index (χ2v) is 6.05. The maximum Gasteiger partial charge on any atom is 0.273 e. The number of hydrogen-bond acceptors (Lipinski definition) is 3. The molecule has 1 amide bonds. The number of allylic oxidation sites excluding steroid dienone is 2. The zero-order chi connectivity index (χ0) is 16.8. The van der Waals surface area contributed by atoms with Crippen molar-refractivity contribution in [2.45, 2.75) is 25.9 Å². The molecule has 0 spiro atoms. The van der Waals surface area contributed by atoms with Gasteiger partial charge in [-0.3, -0.25) is 10.2 Å². The van der Waals surface area contributed by atoms with E-state index < -0.39 is 0 Å². The highest BCUT2D eigenvalue weighted by Gasteiger charge is 2.13. The summed E-state index contributed by atoms with van der Waals surface area (Å²) in [5, 5.41) is 0.686. The van der Waals surface area contributed by atoms with Gasteiger partial charge in [0, 0.05) is 10.7 Å². The van der Waals surface area contributed by atoms with Crippen LogP contribution in [0, 0.1) is 0 Å². The lowest BCUT2D eigenvalue weighted by atomic mass is 10.2. The van der Waals surface area contributed by atoms with E-state index in [0.717, 1.165) is 30.5 Å². The van der Waals surface area contributed by atoms with Crippen LogP contribution in [-0.4, -0.2) is 5.91 Å². The highest BCUT2D eigenvalue weighted by atomic mass is 35.5. The van der Waals surface area contributed by atoms with Crippen LogP contribution >= 0.6 is 11.6 Å². The van der Waals surface area contributed by atoms with Gasteiger partial charge in [-0.15, -0.1) is 0 Å². The molecule has 2 aromatic rings. The SMILES string of the molecule is O=C(NNC1=CCCC1)c1ccccc1OCc1ccc(Cl)cc1. The van der Waals surface area contributed by atoms with E-state index in [4.69, 9.17) is 16.3 Å². The number of hydrogen-bond donors (Lipinski definition) is 2. The van der Waals surface area contributed by atoms with E-state index in [1.54, 1.807) is 12.1 Å². The fourth-order valence-electron chi connectivity index (χ4n) is 2.51. The first-order valence-corrected chi connectivity index (χ1v) is 8.32. The Bertz CT molecular complexity index is 741. The third kappa shape index (κ3) is 4.30. The standard InChI is InChI=1S/C19H19ClN2O2/c20-15-11-9-14(10-12-15)13-24-18-8-4-3-7-17(18)19(23)22-21-16-5-1-2-6-16/h3-5,7-12,21H,1-2,6,13H2,(H,22,23). The molecule has 0 aromatic heterocycles. The summed E-state index contributed by atoms with van der Waals surface area (Å²) in [5.41, 5.74) is 8.26. The number of benzene rings is 2. The summed E-state index contributed by atoms with van der Waals surface area (Å²) in [4.78, 5) is 12.4. The minimum Gasteiger partial charge on any atom is -0.488 e. The number of rotatable bonds is 6. The lowest BCUT2D eigenvalue weighted by Crippen LogP contribution is -2.36. The van der Waals surface area contributed by atoms with Gasteiger partial charge in [0.2, 0.25) is 0 Å². The van der Waals surface area contributed by atoms with Crippen LogP contribution in [0.5, 0.6) is 5.75 Å². The first-order chi connectivity index (χ1) is 11.7. The molecule has 24 heavy (non-hydrogen) atoms. The molecule has 0 fully saturated rings. The highest BCUT2D eigenvalue weighted by molar-refractivity contribution is 6.30. The first-order valence-electron chi connectivity index (χ1n) is 7.94. The average Bonchev–Trinajstić information content (AvgIpc) is 3.13. The van der Waals surface area contributed by atoms with Crippen LogP contribution in [0.25, 0.3) is 0 Å². The Kier molecular flexibility index (Phi) is 5.39. The van der Waals surface area contributed by atoms with Crippen molar-refractivity contribution in [1.82, 2.24) is 10.9 Å². The monoisotopic (exact) mass is 342 g/mol. The Hall–Kier alpha value is -2.46. The molecule has 124 valence electrons. The lowest BCUT2D eigenvalue weighted by Gasteiger charge is -2.13. The number of nitrogens with one attached hydrogen (secondary N) is 2. The van der Waals surface area contributed by atoms with E-state index in [-0.39, 0.29) is 5.91 Å². The third-order valence-electron chi connectivity index (χ3n) is 3.82. The molecular formula is C19H19ClN2O2. The summed E-state index contributed by atoms with van der Waals surface area (Å²) in [5.74, 6) is 0.335. The van der Waals surface area contributed by atoms with Gasteiger partial charge in [0.15, 0.2) is 0 Å². The molecule has 1 aliphatic rings. The van der Waals surface area contributed by atoms with Gasteiger partial charge in [0.1, 0.15) is 12.4 Å². The van der Waals surface area contributed by atoms with E-state index >= 15 is 0 Å². The number of halogens is 1. The van der Waals surface area contributed by atoms with Crippen molar-refractivity contribution in [3.05, 3.63) is 76.5 Å². The Labute approximate surface area is 146 Å². The Morgan fingerprint density at radius 2 is 1.92 bits per heavy atom. The second-order valence-electron chi connectivity index (χ2n) is 5.61. The molecule has 1 aliphatic carbocycles. The molecule has 2 aromatic carbocycles. The second kappa shape index (κ2) is 7.88. The average molecular weight is 343 g/mol. The van der Waals surface area contributed by atoms with Crippen LogP contribution in [0.2, 0.25) is 5.02 Å². The number of carbonyl (C=O) groups is 1. The molecule has 0 atom stereocenters. The van der Waals surface area contributed by atoms with Crippen molar-refractivity contribution in [1.29, 1.82) is 0 Å². The zero-order valence-electron chi connectivity index (χ0n) is 13.2. The van der Waals surface area contributed by atoms with E-state index in [0.29, 0.717) is 22.9 Å². The molecule has 0 saturated carbocycles. The fourth-order valence-corrected chi connectivity index (χ4v) is 2.64. The maximum atomic E-state index is 12.4. The third-order valence-corrected chi connectivity index (χ3v) is 4.07. The van der Waals surface area contributed by atoms with Gasteiger partial charge in [-0.2, -0.15) is 0 Å². The molecule has 0 radical (unpaired) electrons. The predicted molar refractivity (Wildman–Crippen MR) is 94.8 cm³/mol. The molecule has 0 heterocycles. The number of para-hydroxylation sites is 1. The summed E-state index contributed by atoms with van der Waals surface area (Å²) in [6.45, 7) is 0.375. The summed E-state index contributed by atoms with van der Waals surface area (Å²) in [7, 11) is 0. The number of carbonyl (C=O) groups excluding carboxylic acids is 1. The van der Waals surface area contributed by atoms with Gasteiger partial charge in [-0.05, 0) is 49.1 Å². The van der Waals surface area contributed by atoms with Crippen LogP contribution in [-0.2, 0) is 6.61 Å². The van der Waals surface area contributed by atoms with Crippen LogP contribution in [0.3, 0.4) is 0 Å². The topological polar surface area (TPSA) is 50.4 Å². The van der Waals surface area contributed by atoms with Crippen molar-refractivity contribution in [2.24, 2.45) is 0 Å². The van der Waals surface area contributed by atoms with Crippen molar-refractivity contribution >= 4 is 17.5 Å². The van der Waals surface area contributed by atoms with Gasteiger partial charge in [-0.1, -0.05) is 41.9 Å². The Morgan fingerprint density at radius 3 is 2.67 bits per heavy atom. The van der Waals surface area contributed by atoms with E-state index in [1.807, 2.05) is 36.4 Å². The normalized spacial score (nSPS) is 13.3. The molecule has 0 unspecified atom stereocenters. The fraction of sp³-hybridized carbons (Fsp3) is 0.211. The van der Waals surface area contributed by atoms with E-state index in [2.05, 4.69) is 16.9 Å². The van der Waals surface area contributed by atoms with Crippen LogP contribution < -0.4 is 15.6 Å². The molecule has 0 aliphatic heterocycles. The van der Waals surface area contributed by atoms with E-state index in [1.165, 1.54) is 0 Å². The lowest BCUT2D eigenvalue weighted by molar-refractivity contribution is 0.0934. The Balaban J connectivity index is 1.63. The molecule has 2 N–H and O–H groups in total. The Morgan fingerprint density at radius 1 is 1.12 bits per heavy atom. The van der Waals surface area contributed by atoms with Crippen molar-refractivity contribution in [3.8, 4) is 5.75 Å². The summed E-state index contributed by atoms with van der Waals surface area (Å²) in [6.07, 6.45) is 5.25. The van der Waals surface area contributed by atoms with Gasteiger partial charge < -0.3 is 10.2 Å². The van der Waals surface area contributed by atoms with Gasteiger partial charge in [0.05, 0.1) is 5.56 Å². The molecular weight excluding hydrogens is 324 g/mol. The summed E-state index contributed by atoms with van der Waals surface area (Å²) in [6, 6.07) is 14.6. The molecule has 0 saturated heterocycles. The van der Waals surface area contributed by atoms with Crippen molar-refractivity contribution < 1.29 is 9.53 Å². The molecule has 4 nitrogen and oxygen atoms in total. The van der Waals surface area contributed by atoms with Crippen LogP contribution in [0.4, 0.5) is 0 Å². The van der Waals surface area contributed by atoms with E-state index in [9.17, 15) is 4.79 Å². The quantitative estimate of drug-likeness (QED) is 0.773. The van der Waals surface area contributed by atoms with Crippen molar-refractivity contribution in [2.75, 3.05) is 0 Å². The predicted octanol–water partition coefficient (Wildman–Crippen LogP) is 4.22. The largest absolute Gasteiger partial charge is 0.488 e. The summed E-state index contributed by atoms with van der Waals surface area (Å²) < 4.78 is 5.81. The molecule has 3 rings (SSSR count). The van der Waals surface area contributed by atoms with Gasteiger partial charge in [0.25, 0.3) is 5.91 Å². The van der Waals surface area contributed by atoms with Gasteiger partial charge >= 0.3 is 0 Å². The summed E-state index contributed by atoms with van der Waals surface area (Å²) >= 11 is 5.88. The minimum absolute atomic E-state index is 0.213. The van der Waals surface area contributed by atoms with Crippen LogP contribution in [0.1, 0.15) is 35.2 Å². The maximum absolute atomic E-state index is 12.4. The first kappa shape index (κ1) is 16.4. The van der Waals surface area contributed by atoms with Crippen molar-refractivity contribution in [3.63, 3.8) is 0 Å². The van der Waals surface area contributed by atoms with Crippen LogP contribution in [0.15, 0.2) is 60.3 Å². The highest BCUT2D eigenvalue weighted by Crippen LogP contribution is 2.20. The number of amides is 1.